The summed E-state index contributed by atoms with van der Waals surface area (Å²) in [6.45, 7) is 9.24. The van der Waals surface area contributed by atoms with Gasteiger partial charge in [0.15, 0.2) is 0 Å². The average Bonchev–Trinajstić information content (AvgIpc) is 3.36. The van der Waals surface area contributed by atoms with Gasteiger partial charge < -0.3 is 14.6 Å². The molecule has 1 aromatic heterocycles. The second-order valence-electron chi connectivity index (χ2n) is 9.83. The van der Waals surface area contributed by atoms with Crippen LogP contribution in [0.2, 0.25) is 0 Å². The molecule has 1 unspecified atom stereocenters. The van der Waals surface area contributed by atoms with Gasteiger partial charge in [-0.05, 0) is 43.0 Å². The van der Waals surface area contributed by atoms with Crippen molar-refractivity contribution in [3.63, 3.8) is 0 Å². The molecule has 0 bridgehead atoms. The number of morpholine rings is 1. The van der Waals surface area contributed by atoms with Gasteiger partial charge in [-0.15, -0.1) is 0 Å². The highest BCUT2D eigenvalue weighted by Gasteiger charge is 2.27. The number of carbonyl (C=O) groups is 1. The van der Waals surface area contributed by atoms with E-state index in [2.05, 4.69) is 49.5 Å². The number of hydrogen-bond acceptors (Lipinski definition) is 7. The van der Waals surface area contributed by atoms with E-state index in [1.165, 1.54) is 5.56 Å². The molecule has 0 radical (unpaired) electrons. The maximum Gasteiger partial charge on any atom is 0.241 e. The number of amides is 1. The predicted octanol–water partition coefficient (Wildman–Crippen LogP) is 3.41. The molecule has 8 nitrogen and oxygen atoms in total. The molecule has 8 heteroatoms. The van der Waals surface area contributed by atoms with Crippen molar-refractivity contribution >= 4 is 5.91 Å². The van der Waals surface area contributed by atoms with E-state index in [4.69, 9.17) is 9.26 Å². The quantitative estimate of drug-likeness (QED) is 0.519. The van der Waals surface area contributed by atoms with Crippen LogP contribution in [-0.4, -0.2) is 65.2 Å². The van der Waals surface area contributed by atoms with Crippen LogP contribution in [-0.2, 0) is 29.2 Å². The first kappa shape index (κ1) is 24.6. The molecule has 1 atom stereocenters. The summed E-state index contributed by atoms with van der Waals surface area (Å²) in [4.78, 5) is 22.2. The van der Waals surface area contributed by atoms with Gasteiger partial charge in [-0.2, -0.15) is 4.98 Å². The van der Waals surface area contributed by atoms with Crippen LogP contribution in [0.4, 0.5) is 0 Å². The number of likely N-dealkylation sites (tertiary alicyclic amines) is 1. The lowest BCUT2D eigenvalue weighted by Gasteiger charge is -2.30. The van der Waals surface area contributed by atoms with Gasteiger partial charge >= 0.3 is 0 Å². The van der Waals surface area contributed by atoms with Crippen molar-refractivity contribution in [2.75, 3.05) is 39.4 Å². The maximum absolute atomic E-state index is 13.0. The zero-order valence-corrected chi connectivity index (χ0v) is 21.0. The smallest absolute Gasteiger partial charge is 0.241 e. The number of aryl methyl sites for hydroxylation is 1. The SMILES string of the molecule is Cc1ccccc1-c1noc(CN2CCCC(C(=O)NCc3cccc(CN4CCOCC4)c3)C2)n1. The van der Waals surface area contributed by atoms with E-state index in [0.29, 0.717) is 31.3 Å². The van der Waals surface area contributed by atoms with Gasteiger partial charge in [0.2, 0.25) is 17.6 Å². The first-order valence-electron chi connectivity index (χ1n) is 12.9. The molecule has 2 saturated heterocycles. The highest BCUT2D eigenvalue weighted by atomic mass is 16.5. The van der Waals surface area contributed by atoms with Gasteiger partial charge in [-0.3, -0.25) is 14.6 Å². The first-order chi connectivity index (χ1) is 17.6. The number of nitrogens with one attached hydrogen (secondary N) is 1. The van der Waals surface area contributed by atoms with E-state index >= 15 is 0 Å². The fraction of sp³-hybridized carbons (Fsp3) is 0.464. The van der Waals surface area contributed by atoms with E-state index in [1.807, 2.05) is 31.2 Å². The Kier molecular flexibility index (Phi) is 8.05. The Labute approximate surface area is 212 Å². The molecule has 0 aliphatic carbocycles. The zero-order valence-electron chi connectivity index (χ0n) is 21.0. The maximum atomic E-state index is 13.0. The molecular weight excluding hydrogens is 454 g/mol. The predicted molar refractivity (Wildman–Crippen MR) is 137 cm³/mol. The molecule has 190 valence electrons. The lowest BCUT2D eigenvalue weighted by Crippen LogP contribution is -2.42. The van der Waals surface area contributed by atoms with Gasteiger partial charge in [0.1, 0.15) is 0 Å². The Morgan fingerprint density at radius 3 is 2.72 bits per heavy atom. The number of ether oxygens (including phenoxy) is 1. The third kappa shape index (κ3) is 6.37. The van der Waals surface area contributed by atoms with Crippen LogP contribution >= 0.6 is 0 Å². The summed E-state index contributed by atoms with van der Waals surface area (Å²) >= 11 is 0. The molecule has 36 heavy (non-hydrogen) atoms. The van der Waals surface area contributed by atoms with Crippen LogP contribution in [0, 0.1) is 12.8 Å². The van der Waals surface area contributed by atoms with Gasteiger partial charge in [0.05, 0.1) is 25.7 Å². The largest absolute Gasteiger partial charge is 0.379 e. The van der Waals surface area contributed by atoms with Crippen molar-refractivity contribution in [2.45, 2.75) is 39.4 Å². The number of hydrogen-bond donors (Lipinski definition) is 1. The molecule has 2 aliphatic rings. The third-order valence-electron chi connectivity index (χ3n) is 7.06. The van der Waals surface area contributed by atoms with Crippen molar-refractivity contribution in [1.82, 2.24) is 25.3 Å². The number of carbonyl (C=O) groups excluding carboxylic acids is 1. The number of aromatic nitrogens is 2. The van der Waals surface area contributed by atoms with Crippen molar-refractivity contribution in [3.8, 4) is 11.4 Å². The lowest BCUT2D eigenvalue weighted by molar-refractivity contribution is -0.127. The van der Waals surface area contributed by atoms with Gasteiger partial charge in [-0.25, -0.2) is 0 Å². The number of piperidine rings is 1. The van der Waals surface area contributed by atoms with E-state index in [1.54, 1.807) is 0 Å². The minimum Gasteiger partial charge on any atom is -0.379 e. The second kappa shape index (κ2) is 11.8. The second-order valence-corrected chi connectivity index (χ2v) is 9.83. The Hall–Kier alpha value is -3.07. The summed E-state index contributed by atoms with van der Waals surface area (Å²) in [6, 6.07) is 16.5. The van der Waals surface area contributed by atoms with E-state index in [0.717, 1.165) is 68.9 Å². The summed E-state index contributed by atoms with van der Waals surface area (Å²) in [7, 11) is 0. The molecule has 2 aliphatic heterocycles. The summed E-state index contributed by atoms with van der Waals surface area (Å²) < 4.78 is 11.0. The first-order valence-corrected chi connectivity index (χ1v) is 12.9. The van der Waals surface area contributed by atoms with Gasteiger partial charge in [-0.1, -0.05) is 53.7 Å². The Morgan fingerprint density at radius 1 is 1.03 bits per heavy atom. The molecule has 2 fully saturated rings. The minimum atomic E-state index is -0.0333. The highest BCUT2D eigenvalue weighted by molar-refractivity contribution is 5.79. The van der Waals surface area contributed by atoms with Crippen LogP contribution in [0.25, 0.3) is 11.4 Å². The van der Waals surface area contributed by atoms with E-state index < -0.39 is 0 Å². The Morgan fingerprint density at radius 2 is 1.86 bits per heavy atom. The fourth-order valence-corrected chi connectivity index (χ4v) is 5.05. The average molecular weight is 490 g/mol. The van der Waals surface area contributed by atoms with Crippen LogP contribution in [0.3, 0.4) is 0 Å². The van der Waals surface area contributed by atoms with E-state index in [-0.39, 0.29) is 11.8 Å². The standard InChI is InChI=1S/C28H35N5O3/c1-21-6-2-3-10-25(21)27-30-26(36-31-27)20-33-11-5-9-24(19-33)28(34)29-17-22-7-4-8-23(16-22)18-32-12-14-35-15-13-32/h2-4,6-8,10,16,24H,5,9,11-15,17-20H2,1H3,(H,29,34). The molecule has 5 rings (SSSR count). The van der Waals surface area contributed by atoms with Gasteiger partial charge in [0, 0.05) is 38.3 Å². The van der Waals surface area contributed by atoms with Crippen LogP contribution < -0.4 is 5.32 Å². The molecule has 0 saturated carbocycles. The van der Waals surface area contributed by atoms with Crippen molar-refractivity contribution in [3.05, 3.63) is 71.1 Å². The molecule has 1 N–H and O–H groups in total. The number of rotatable bonds is 8. The Balaban J connectivity index is 1.12. The lowest BCUT2D eigenvalue weighted by atomic mass is 9.97. The summed E-state index contributed by atoms with van der Waals surface area (Å²) in [5.41, 5.74) is 4.51. The number of benzene rings is 2. The minimum absolute atomic E-state index is 0.0333. The van der Waals surface area contributed by atoms with Crippen LogP contribution in [0.1, 0.15) is 35.4 Å². The zero-order chi connectivity index (χ0) is 24.7. The van der Waals surface area contributed by atoms with Gasteiger partial charge in [0.25, 0.3) is 0 Å². The summed E-state index contributed by atoms with van der Waals surface area (Å²) in [6.07, 6.45) is 1.88. The van der Waals surface area contributed by atoms with E-state index in [9.17, 15) is 4.79 Å². The fourth-order valence-electron chi connectivity index (χ4n) is 5.05. The van der Waals surface area contributed by atoms with Crippen molar-refractivity contribution < 1.29 is 14.1 Å². The highest BCUT2D eigenvalue weighted by Crippen LogP contribution is 2.22. The normalized spacial score (nSPS) is 19.3. The molecule has 3 aromatic rings. The molecule has 2 aromatic carbocycles. The Bertz CT molecular complexity index is 1160. The molecule has 0 spiro atoms. The molecular formula is C28H35N5O3. The van der Waals surface area contributed by atoms with Crippen LogP contribution in [0.15, 0.2) is 53.1 Å². The third-order valence-corrected chi connectivity index (χ3v) is 7.06. The summed E-state index contributed by atoms with van der Waals surface area (Å²) in [5, 5.41) is 7.34. The monoisotopic (exact) mass is 489 g/mol. The topological polar surface area (TPSA) is 83.7 Å². The molecule has 3 heterocycles. The summed E-state index contributed by atoms with van der Waals surface area (Å²) in [5.74, 6) is 1.29. The molecule has 1 amide bonds. The number of nitrogens with zero attached hydrogens (tertiary/aromatic N) is 4. The van der Waals surface area contributed by atoms with Crippen molar-refractivity contribution in [2.24, 2.45) is 5.92 Å². The van der Waals surface area contributed by atoms with Crippen molar-refractivity contribution in [1.29, 1.82) is 0 Å². The van der Waals surface area contributed by atoms with Crippen LogP contribution in [0.5, 0.6) is 0 Å².